The second-order valence-corrected chi connectivity index (χ2v) is 5.40. The number of pyridine rings is 1. The van der Waals surface area contributed by atoms with E-state index in [-0.39, 0.29) is 30.8 Å². The molecule has 5 nitrogen and oxygen atoms in total. The zero-order chi connectivity index (χ0) is 14.7. The summed E-state index contributed by atoms with van der Waals surface area (Å²) in [6.45, 7) is 4.19. The molecule has 0 saturated carbocycles. The summed E-state index contributed by atoms with van der Waals surface area (Å²) in [5.41, 5.74) is 0.585. The molecule has 1 aliphatic heterocycles. The zero-order valence-electron chi connectivity index (χ0n) is 11.6. The maximum Gasteiger partial charge on any atom is 0.243 e. The molecule has 0 bridgehead atoms. The largest absolute Gasteiger partial charge is 0.345 e. The average Bonchev–Trinajstić information content (AvgIpc) is 2.38. The van der Waals surface area contributed by atoms with Crippen LogP contribution in [0.5, 0.6) is 0 Å². The predicted octanol–water partition coefficient (Wildman–Crippen LogP) is 1.09. The third kappa shape index (κ3) is 3.31. The second-order valence-electron chi connectivity index (χ2n) is 5.40. The van der Waals surface area contributed by atoms with E-state index < -0.39 is 11.9 Å². The highest BCUT2D eigenvalue weighted by molar-refractivity contribution is 5.94. The number of hydrogen-bond donors (Lipinski definition) is 1. The van der Waals surface area contributed by atoms with Gasteiger partial charge in [-0.2, -0.15) is 0 Å². The molecule has 1 atom stereocenters. The van der Waals surface area contributed by atoms with Crippen LogP contribution in [0.15, 0.2) is 18.5 Å². The molecule has 0 aromatic carbocycles. The molecule has 1 saturated heterocycles. The van der Waals surface area contributed by atoms with Gasteiger partial charge in [-0.15, -0.1) is 0 Å². The van der Waals surface area contributed by atoms with E-state index >= 15 is 0 Å². The van der Waals surface area contributed by atoms with Gasteiger partial charge >= 0.3 is 0 Å². The molecule has 108 valence electrons. The van der Waals surface area contributed by atoms with Crippen molar-refractivity contribution in [3.8, 4) is 0 Å². The Morgan fingerprint density at radius 3 is 2.85 bits per heavy atom. The summed E-state index contributed by atoms with van der Waals surface area (Å²) in [5.74, 6) is -0.469. The molecular formula is C14H18FN3O2. The van der Waals surface area contributed by atoms with Crippen LogP contribution in [0.3, 0.4) is 0 Å². The summed E-state index contributed by atoms with van der Waals surface area (Å²) in [7, 11) is 0. The molecule has 2 rings (SSSR count). The fourth-order valence-corrected chi connectivity index (χ4v) is 2.32. The molecule has 2 amide bonds. The van der Waals surface area contributed by atoms with Gasteiger partial charge < -0.3 is 10.2 Å². The Hall–Kier alpha value is -1.98. The Kier molecular flexibility index (Phi) is 4.32. The summed E-state index contributed by atoms with van der Waals surface area (Å²) >= 11 is 0. The molecule has 6 heteroatoms. The van der Waals surface area contributed by atoms with Gasteiger partial charge in [-0.3, -0.25) is 14.6 Å². The lowest BCUT2D eigenvalue weighted by Crippen LogP contribution is -2.58. The predicted molar refractivity (Wildman–Crippen MR) is 71.0 cm³/mol. The Bertz CT molecular complexity index is 519. The van der Waals surface area contributed by atoms with Crippen molar-refractivity contribution in [1.29, 1.82) is 0 Å². The minimum atomic E-state index is -0.500. The van der Waals surface area contributed by atoms with Crippen molar-refractivity contribution >= 4 is 11.8 Å². The first-order chi connectivity index (χ1) is 9.47. The Balaban J connectivity index is 2.19. The maximum atomic E-state index is 13.2. The standard InChI is InChI=1S/C14H18FN3O2/c1-9(2)3-12-14(20)17-7-13(19)18(12)8-10-4-11(15)6-16-5-10/h4-6,9,12H,3,7-8H2,1-2H3,(H,17,20). The summed E-state index contributed by atoms with van der Waals surface area (Å²) in [6.07, 6.45) is 3.20. The van der Waals surface area contributed by atoms with Gasteiger partial charge in [0, 0.05) is 12.7 Å². The van der Waals surface area contributed by atoms with Crippen LogP contribution in [0, 0.1) is 11.7 Å². The van der Waals surface area contributed by atoms with Crippen molar-refractivity contribution in [3.05, 3.63) is 29.8 Å². The van der Waals surface area contributed by atoms with E-state index in [1.54, 1.807) is 0 Å². The van der Waals surface area contributed by atoms with Crippen molar-refractivity contribution in [2.45, 2.75) is 32.9 Å². The average molecular weight is 279 g/mol. The van der Waals surface area contributed by atoms with Crippen LogP contribution in [0.2, 0.25) is 0 Å². The van der Waals surface area contributed by atoms with Gasteiger partial charge in [0.2, 0.25) is 11.8 Å². The number of aromatic nitrogens is 1. The molecule has 1 aromatic heterocycles. The highest BCUT2D eigenvalue weighted by atomic mass is 19.1. The van der Waals surface area contributed by atoms with Gasteiger partial charge in [-0.25, -0.2) is 4.39 Å². The van der Waals surface area contributed by atoms with Crippen LogP contribution in [-0.4, -0.2) is 34.3 Å². The second kappa shape index (κ2) is 5.98. The lowest BCUT2D eigenvalue weighted by atomic mass is 9.99. The van der Waals surface area contributed by atoms with E-state index in [9.17, 15) is 14.0 Å². The smallest absolute Gasteiger partial charge is 0.243 e. The normalized spacial score (nSPS) is 19.4. The van der Waals surface area contributed by atoms with Gasteiger partial charge in [-0.05, 0) is 24.0 Å². The van der Waals surface area contributed by atoms with Crippen LogP contribution in [0.1, 0.15) is 25.8 Å². The van der Waals surface area contributed by atoms with E-state index in [0.717, 1.165) is 6.20 Å². The zero-order valence-corrected chi connectivity index (χ0v) is 11.6. The molecule has 0 aliphatic carbocycles. The Morgan fingerprint density at radius 2 is 2.20 bits per heavy atom. The number of carbonyl (C=O) groups is 2. The van der Waals surface area contributed by atoms with E-state index in [1.165, 1.54) is 17.2 Å². The number of nitrogens with one attached hydrogen (secondary N) is 1. The van der Waals surface area contributed by atoms with E-state index in [1.807, 2.05) is 13.8 Å². The van der Waals surface area contributed by atoms with Crippen molar-refractivity contribution < 1.29 is 14.0 Å². The maximum absolute atomic E-state index is 13.2. The first kappa shape index (κ1) is 14.4. The highest BCUT2D eigenvalue weighted by Gasteiger charge is 2.34. The Labute approximate surface area is 117 Å². The SMILES string of the molecule is CC(C)CC1C(=O)NCC(=O)N1Cc1cncc(F)c1. The number of hydrogen-bond acceptors (Lipinski definition) is 3. The number of rotatable bonds is 4. The number of nitrogens with zero attached hydrogens (tertiary/aromatic N) is 2. The number of amides is 2. The third-order valence-electron chi connectivity index (χ3n) is 3.22. The van der Waals surface area contributed by atoms with E-state index in [4.69, 9.17) is 0 Å². The highest BCUT2D eigenvalue weighted by Crippen LogP contribution is 2.18. The van der Waals surface area contributed by atoms with Crippen molar-refractivity contribution in [3.63, 3.8) is 0 Å². The summed E-state index contributed by atoms with van der Waals surface area (Å²) < 4.78 is 13.2. The number of halogens is 1. The number of carbonyl (C=O) groups excluding carboxylic acids is 2. The van der Waals surface area contributed by atoms with E-state index in [0.29, 0.717) is 12.0 Å². The minimum absolute atomic E-state index is 0.00380. The molecule has 1 fully saturated rings. The summed E-state index contributed by atoms with van der Waals surface area (Å²) in [6, 6.07) is 0.832. The Morgan fingerprint density at radius 1 is 1.45 bits per heavy atom. The van der Waals surface area contributed by atoms with Gasteiger partial charge in [-0.1, -0.05) is 13.8 Å². The van der Waals surface area contributed by atoms with Crippen molar-refractivity contribution in [2.24, 2.45) is 5.92 Å². The van der Waals surface area contributed by atoms with Crippen molar-refractivity contribution in [2.75, 3.05) is 6.54 Å². The molecule has 1 aliphatic rings. The monoisotopic (exact) mass is 279 g/mol. The molecule has 1 aromatic rings. The summed E-state index contributed by atoms with van der Waals surface area (Å²) in [5, 5.41) is 2.59. The van der Waals surface area contributed by atoms with Crippen LogP contribution in [0.25, 0.3) is 0 Å². The molecular weight excluding hydrogens is 261 g/mol. The summed E-state index contributed by atoms with van der Waals surface area (Å²) in [4.78, 5) is 29.2. The number of piperazine rings is 1. The molecule has 1 N–H and O–H groups in total. The fourth-order valence-electron chi connectivity index (χ4n) is 2.32. The molecule has 20 heavy (non-hydrogen) atoms. The van der Waals surface area contributed by atoms with Gasteiger partial charge in [0.25, 0.3) is 0 Å². The topological polar surface area (TPSA) is 62.3 Å². The first-order valence-corrected chi connectivity index (χ1v) is 6.64. The van der Waals surface area contributed by atoms with Gasteiger partial charge in [0.05, 0.1) is 12.7 Å². The molecule has 1 unspecified atom stereocenters. The lowest BCUT2D eigenvalue weighted by molar-refractivity contribution is -0.146. The van der Waals surface area contributed by atoms with Crippen LogP contribution >= 0.6 is 0 Å². The van der Waals surface area contributed by atoms with E-state index in [2.05, 4.69) is 10.3 Å². The molecule has 2 heterocycles. The molecule has 0 spiro atoms. The molecule has 0 radical (unpaired) electrons. The quantitative estimate of drug-likeness (QED) is 0.897. The lowest BCUT2D eigenvalue weighted by Gasteiger charge is -2.35. The van der Waals surface area contributed by atoms with Gasteiger partial charge in [0.15, 0.2) is 0 Å². The minimum Gasteiger partial charge on any atom is -0.345 e. The fraction of sp³-hybridized carbons (Fsp3) is 0.500. The van der Waals surface area contributed by atoms with Crippen LogP contribution in [-0.2, 0) is 16.1 Å². The van der Waals surface area contributed by atoms with Crippen molar-refractivity contribution in [1.82, 2.24) is 15.2 Å². The van der Waals surface area contributed by atoms with Gasteiger partial charge in [0.1, 0.15) is 11.9 Å². The first-order valence-electron chi connectivity index (χ1n) is 6.64. The van der Waals surface area contributed by atoms with Crippen LogP contribution < -0.4 is 5.32 Å². The third-order valence-corrected chi connectivity index (χ3v) is 3.22. The van der Waals surface area contributed by atoms with Crippen LogP contribution in [0.4, 0.5) is 4.39 Å².